The molecule has 2 heterocycles. The van der Waals surface area contributed by atoms with Crippen molar-refractivity contribution in [3.63, 3.8) is 0 Å². The van der Waals surface area contributed by atoms with Crippen LogP contribution in [0.2, 0.25) is 5.02 Å². The summed E-state index contributed by atoms with van der Waals surface area (Å²) in [6, 6.07) is 5.62. The molecule has 0 amide bonds. The van der Waals surface area contributed by atoms with Gasteiger partial charge in [0.2, 0.25) is 0 Å². The molecular formula is C12H11Cl2N5. The fraction of sp³-hybridized carbons (Fsp3) is 0.250. The fourth-order valence-corrected chi connectivity index (χ4v) is 2.39. The molecule has 3 aromatic rings. The van der Waals surface area contributed by atoms with Crippen LogP contribution in [-0.4, -0.2) is 24.3 Å². The molecule has 0 spiro atoms. The second-order valence-corrected chi connectivity index (χ2v) is 4.94. The van der Waals surface area contributed by atoms with Gasteiger partial charge in [0.05, 0.1) is 23.5 Å². The van der Waals surface area contributed by atoms with Crippen molar-refractivity contribution in [2.45, 2.75) is 12.4 Å². The molecule has 0 aliphatic rings. The topological polar surface area (TPSA) is 48.5 Å². The van der Waals surface area contributed by atoms with Gasteiger partial charge >= 0.3 is 0 Å². The average molecular weight is 296 g/mol. The number of alkyl halides is 1. The monoisotopic (exact) mass is 295 g/mol. The minimum Gasteiger partial charge on any atom is -0.319 e. The molecule has 0 fully saturated rings. The van der Waals surface area contributed by atoms with Gasteiger partial charge in [0.1, 0.15) is 12.2 Å². The molecule has 19 heavy (non-hydrogen) atoms. The smallest absolute Gasteiger partial charge is 0.152 e. The summed E-state index contributed by atoms with van der Waals surface area (Å²) in [6.45, 7) is 0.580. The Labute approximate surface area is 119 Å². The predicted octanol–water partition coefficient (Wildman–Crippen LogP) is 2.61. The Bertz CT molecular complexity index is 731. The van der Waals surface area contributed by atoms with Gasteiger partial charge < -0.3 is 9.13 Å². The second kappa shape index (κ2) is 4.83. The van der Waals surface area contributed by atoms with E-state index in [-0.39, 0.29) is 0 Å². The third-order valence-electron chi connectivity index (χ3n) is 3.01. The minimum absolute atomic E-state index is 0.337. The number of halogens is 2. The maximum Gasteiger partial charge on any atom is 0.152 e. The Morgan fingerprint density at radius 1 is 1.26 bits per heavy atom. The molecule has 0 aliphatic carbocycles. The van der Waals surface area contributed by atoms with Crippen LogP contribution in [0.15, 0.2) is 24.5 Å². The lowest BCUT2D eigenvalue weighted by atomic mass is 10.3. The summed E-state index contributed by atoms with van der Waals surface area (Å²) in [5.41, 5.74) is 1.83. The first-order valence-electron chi connectivity index (χ1n) is 5.72. The molecule has 5 nitrogen and oxygen atoms in total. The number of hydrogen-bond acceptors (Lipinski definition) is 3. The van der Waals surface area contributed by atoms with Crippen LogP contribution in [0.4, 0.5) is 0 Å². The molecule has 3 rings (SSSR count). The summed E-state index contributed by atoms with van der Waals surface area (Å²) in [5, 5.41) is 8.63. The number of nitrogens with zero attached hydrogens (tertiary/aromatic N) is 5. The van der Waals surface area contributed by atoms with Gasteiger partial charge in [-0.25, -0.2) is 4.98 Å². The summed E-state index contributed by atoms with van der Waals surface area (Å²) >= 11 is 11.9. The quantitative estimate of drug-likeness (QED) is 0.698. The number of aromatic nitrogens is 5. The first kappa shape index (κ1) is 12.4. The van der Waals surface area contributed by atoms with Gasteiger partial charge in [-0.2, -0.15) is 0 Å². The molecule has 0 saturated heterocycles. The Balaban J connectivity index is 2.13. The molecule has 0 bridgehead atoms. The molecule has 98 valence electrons. The summed E-state index contributed by atoms with van der Waals surface area (Å²) in [4.78, 5) is 4.49. The van der Waals surface area contributed by atoms with Gasteiger partial charge in [0.25, 0.3) is 0 Å². The number of benzene rings is 1. The van der Waals surface area contributed by atoms with E-state index in [0.29, 0.717) is 17.4 Å². The Morgan fingerprint density at radius 2 is 2.11 bits per heavy atom. The highest BCUT2D eigenvalue weighted by atomic mass is 35.5. The summed E-state index contributed by atoms with van der Waals surface area (Å²) in [6.07, 6.45) is 1.67. The first-order valence-corrected chi connectivity index (χ1v) is 6.64. The summed E-state index contributed by atoms with van der Waals surface area (Å²) in [7, 11) is 1.91. The van der Waals surface area contributed by atoms with E-state index < -0.39 is 0 Å². The molecule has 0 aliphatic heterocycles. The number of fused-ring (bicyclic) bond motifs is 1. The summed E-state index contributed by atoms with van der Waals surface area (Å²) < 4.78 is 3.91. The van der Waals surface area contributed by atoms with Gasteiger partial charge in [0.15, 0.2) is 5.82 Å². The van der Waals surface area contributed by atoms with Crippen LogP contribution in [0.25, 0.3) is 11.0 Å². The van der Waals surface area contributed by atoms with E-state index in [0.717, 1.165) is 22.7 Å². The van der Waals surface area contributed by atoms with Crippen LogP contribution in [0.1, 0.15) is 11.6 Å². The highest BCUT2D eigenvalue weighted by Gasteiger charge is 2.12. The van der Waals surface area contributed by atoms with Crippen LogP contribution in [0.5, 0.6) is 0 Å². The van der Waals surface area contributed by atoms with Crippen molar-refractivity contribution in [1.82, 2.24) is 24.3 Å². The van der Waals surface area contributed by atoms with Crippen molar-refractivity contribution in [2.24, 2.45) is 7.05 Å². The standard InChI is InChI=1S/C12H11Cl2N5/c1-18-7-15-17-12(18)6-19-10-3-2-8(14)4-9(10)16-11(19)5-13/h2-4,7H,5-6H2,1H3. The van der Waals surface area contributed by atoms with E-state index in [9.17, 15) is 0 Å². The Morgan fingerprint density at radius 3 is 2.79 bits per heavy atom. The molecule has 0 unspecified atom stereocenters. The number of aryl methyl sites for hydroxylation is 1. The largest absolute Gasteiger partial charge is 0.319 e. The SMILES string of the molecule is Cn1cnnc1Cn1c(CCl)nc2cc(Cl)ccc21. The lowest BCUT2D eigenvalue weighted by molar-refractivity contribution is 0.691. The number of rotatable bonds is 3. The Kier molecular flexibility index (Phi) is 3.16. The zero-order chi connectivity index (χ0) is 13.4. The minimum atomic E-state index is 0.337. The van der Waals surface area contributed by atoms with Crippen molar-refractivity contribution in [3.05, 3.63) is 41.2 Å². The van der Waals surface area contributed by atoms with Crippen molar-refractivity contribution < 1.29 is 0 Å². The molecule has 0 N–H and O–H groups in total. The highest BCUT2D eigenvalue weighted by molar-refractivity contribution is 6.31. The van der Waals surface area contributed by atoms with Crippen LogP contribution >= 0.6 is 23.2 Å². The van der Waals surface area contributed by atoms with Crippen molar-refractivity contribution in [3.8, 4) is 0 Å². The molecule has 0 atom stereocenters. The van der Waals surface area contributed by atoms with Gasteiger partial charge in [-0.3, -0.25) is 0 Å². The highest BCUT2D eigenvalue weighted by Crippen LogP contribution is 2.22. The third kappa shape index (κ3) is 2.19. The van der Waals surface area contributed by atoms with E-state index >= 15 is 0 Å². The average Bonchev–Trinajstić information content (AvgIpc) is 2.94. The maximum absolute atomic E-state index is 5.98. The second-order valence-electron chi connectivity index (χ2n) is 4.24. The van der Waals surface area contributed by atoms with Crippen LogP contribution < -0.4 is 0 Å². The van der Waals surface area contributed by atoms with Gasteiger partial charge in [0, 0.05) is 12.1 Å². The van der Waals surface area contributed by atoms with E-state index in [2.05, 4.69) is 15.2 Å². The predicted molar refractivity (Wildman–Crippen MR) is 74.4 cm³/mol. The van der Waals surface area contributed by atoms with Gasteiger partial charge in [-0.1, -0.05) is 11.6 Å². The van der Waals surface area contributed by atoms with Gasteiger partial charge in [-0.05, 0) is 18.2 Å². The number of imidazole rings is 1. The van der Waals surface area contributed by atoms with Crippen LogP contribution in [-0.2, 0) is 19.5 Å². The summed E-state index contributed by atoms with van der Waals surface area (Å²) in [5.74, 6) is 1.98. The zero-order valence-corrected chi connectivity index (χ0v) is 11.7. The van der Waals surface area contributed by atoms with E-state index in [1.165, 1.54) is 0 Å². The van der Waals surface area contributed by atoms with Crippen LogP contribution in [0, 0.1) is 0 Å². The van der Waals surface area contributed by atoms with E-state index in [1.807, 2.05) is 34.4 Å². The Hall–Kier alpha value is -1.59. The first-order chi connectivity index (χ1) is 9.19. The molecular weight excluding hydrogens is 285 g/mol. The van der Waals surface area contributed by atoms with Crippen molar-refractivity contribution in [1.29, 1.82) is 0 Å². The number of hydrogen-bond donors (Lipinski definition) is 0. The third-order valence-corrected chi connectivity index (χ3v) is 3.49. The lowest BCUT2D eigenvalue weighted by Gasteiger charge is -2.06. The van der Waals surface area contributed by atoms with E-state index in [1.54, 1.807) is 6.33 Å². The van der Waals surface area contributed by atoms with E-state index in [4.69, 9.17) is 23.2 Å². The molecule has 7 heteroatoms. The fourth-order valence-electron chi connectivity index (χ4n) is 2.02. The molecule has 0 saturated carbocycles. The zero-order valence-electron chi connectivity index (χ0n) is 10.2. The van der Waals surface area contributed by atoms with Crippen molar-refractivity contribution >= 4 is 34.2 Å². The van der Waals surface area contributed by atoms with Crippen molar-refractivity contribution in [2.75, 3.05) is 0 Å². The normalized spacial score (nSPS) is 11.3. The maximum atomic E-state index is 5.98. The van der Waals surface area contributed by atoms with Crippen LogP contribution in [0.3, 0.4) is 0 Å². The molecule has 2 aromatic heterocycles. The lowest BCUT2D eigenvalue weighted by Crippen LogP contribution is -2.08. The van der Waals surface area contributed by atoms with Gasteiger partial charge in [-0.15, -0.1) is 21.8 Å². The molecule has 0 radical (unpaired) electrons. The molecule has 1 aromatic carbocycles.